The zero-order chi connectivity index (χ0) is 12.1. The molecule has 1 saturated heterocycles. The van der Waals surface area contributed by atoms with E-state index >= 15 is 0 Å². The lowest BCUT2D eigenvalue weighted by Crippen LogP contribution is -2.20. The Morgan fingerprint density at radius 2 is 2.41 bits per heavy atom. The van der Waals surface area contributed by atoms with E-state index < -0.39 is 0 Å². The molecule has 3 heteroatoms. The van der Waals surface area contributed by atoms with Gasteiger partial charge in [-0.2, -0.15) is 0 Å². The lowest BCUT2D eigenvalue weighted by atomic mass is 10.0. The van der Waals surface area contributed by atoms with Gasteiger partial charge < -0.3 is 5.32 Å². The molecule has 0 radical (unpaired) electrons. The summed E-state index contributed by atoms with van der Waals surface area (Å²) in [7, 11) is 1.95. The summed E-state index contributed by atoms with van der Waals surface area (Å²) in [6, 6.07) is 4.15. The first-order valence-electron chi connectivity index (χ1n) is 6.67. The van der Waals surface area contributed by atoms with Gasteiger partial charge in [-0.3, -0.25) is 9.88 Å². The fourth-order valence-corrected chi connectivity index (χ4v) is 2.65. The van der Waals surface area contributed by atoms with Crippen molar-refractivity contribution >= 4 is 5.69 Å². The molecule has 0 bridgehead atoms. The van der Waals surface area contributed by atoms with Gasteiger partial charge in [-0.15, -0.1) is 0 Å². The molecule has 0 aromatic carbocycles. The standard InChI is InChI=1S/C14H23N3/c1-3-4-12-6-8-17(10-12)11-14-9-13(15-2)5-7-16-14/h5,7,9,12H,3-4,6,8,10-11H2,1-2H3,(H,15,16). The molecule has 1 N–H and O–H groups in total. The zero-order valence-corrected chi connectivity index (χ0v) is 10.9. The van der Waals surface area contributed by atoms with Gasteiger partial charge in [0.25, 0.3) is 0 Å². The van der Waals surface area contributed by atoms with E-state index in [0.29, 0.717) is 0 Å². The average Bonchev–Trinajstić information content (AvgIpc) is 2.77. The van der Waals surface area contributed by atoms with E-state index in [4.69, 9.17) is 0 Å². The predicted molar refractivity (Wildman–Crippen MR) is 72.1 cm³/mol. The van der Waals surface area contributed by atoms with Crippen LogP contribution in [0.1, 0.15) is 31.9 Å². The van der Waals surface area contributed by atoms with E-state index in [2.05, 4.69) is 28.2 Å². The molecule has 0 amide bonds. The van der Waals surface area contributed by atoms with E-state index in [1.165, 1.54) is 38.0 Å². The molecule has 94 valence electrons. The van der Waals surface area contributed by atoms with Gasteiger partial charge in [-0.25, -0.2) is 0 Å². The van der Waals surface area contributed by atoms with Crippen LogP contribution in [0.3, 0.4) is 0 Å². The van der Waals surface area contributed by atoms with E-state index in [1.807, 2.05) is 19.3 Å². The van der Waals surface area contributed by atoms with E-state index in [-0.39, 0.29) is 0 Å². The minimum atomic E-state index is 0.910. The Balaban J connectivity index is 1.88. The highest BCUT2D eigenvalue weighted by molar-refractivity contribution is 5.42. The predicted octanol–water partition coefficient (Wildman–Crippen LogP) is 2.75. The molecule has 17 heavy (non-hydrogen) atoms. The molecular formula is C14H23N3. The summed E-state index contributed by atoms with van der Waals surface area (Å²) in [6.45, 7) is 5.76. The topological polar surface area (TPSA) is 28.2 Å². The minimum absolute atomic E-state index is 0.910. The Morgan fingerprint density at radius 1 is 1.53 bits per heavy atom. The van der Waals surface area contributed by atoms with E-state index in [0.717, 1.165) is 18.2 Å². The molecule has 0 aliphatic carbocycles. The van der Waals surface area contributed by atoms with Crippen LogP contribution in [-0.4, -0.2) is 30.0 Å². The van der Waals surface area contributed by atoms with Crippen molar-refractivity contribution in [3.8, 4) is 0 Å². The third kappa shape index (κ3) is 3.43. The van der Waals surface area contributed by atoms with Crippen LogP contribution in [0.2, 0.25) is 0 Å². The number of likely N-dealkylation sites (tertiary alicyclic amines) is 1. The van der Waals surface area contributed by atoms with Crippen LogP contribution >= 0.6 is 0 Å². The Bertz CT molecular complexity index is 351. The van der Waals surface area contributed by atoms with Crippen molar-refractivity contribution in [2.24, 2.45) is 5.92 Å². The molecule has 1 atom stereocenters. The molecule has 0 saturated carbocycles. The van der Waals surface area contributed by atoms with Crippen molar-refractivity contribution in [2.75, 3.05) is 25.5 Å². The first kappa shape index (κ1) is 12.4. The maximum Gasteiger partial charge on any atom is 0.0564 e. The number of anilines is 1. The monoisotopic (exact) mass is 233 g/mol. The average molecular weight is 233 g/mol. The first-order chi connectivity index (χ1) is 8.31. The Labute approximate surface area is 104 Å². The Hall–Kier alpha value is -1.09. The van der Waals surface area contributed by atoms with Crippen molar-refractivity contribution in [1.29, 1.82) is 0 Å². The molecular weight excluding hydrogens is 210 g/mol. The molecule has 1 aliphatic rings. The van der Waals surface area contributed by atoms with Crippen LogP contribution in [0.15, 0.2) is 18.3 Å². The van der Waals surface area contributed by atoms with Gasteiger partial charge in [-0.1, -0.05) is 13.3 Å². The summed E-state index contributed by atoms with van der Waals surface area (Å²) in [5, 5.41) is 3.16. The van der Waals surface area contributed by atoms with Crippen molar-refractivity contribution in [2.45, 2.75) is 32.7 Å². The summed E-state index contributed by atoms with van der Waals surface area (Å²) in [6.07, 6.45) is 5.94. The second-order valence-electron chi connectivity index (χ2n) is 4.96. The highest BCUT2D eigenvalue weighted by atomic mass is 15.1. The van der Waals surface area contributed by atoms with Crippen LogP contribution in [0.5, 0.6) is 0 Å². The van der Waals surface area contributed by atoms with Crippen LogP contribution in [-0.2, 0) is 6.54 Å². The maximum atomic E-state index is 4.44. The molecule has 3 nitrogen and oxygen atoms in total. The number of nitrogens with zero attached hydrogens (tertiary/aromatic N) is 2. The van der Waals surface area contributed by atoms with Gasteiger partial charge in [-0.05, 0) is 37.4 Å². The molecule has 2 heterocycles. The van der Waals surface area contributed by atoms with E-state index in [9.17, 15) is 0 Å². The van der Waals surface area contributed by atoms with E-state index in [1.54, 1.807) is 0 Å². The fraction of sp³-hybridized carbons (Fsp3) is 0.643. The molecule has 1 aromatic heterocycles. The SMILES string of the molecule is CCCC1CCN(Cc2cc(NC)ccn2)C1. The summed E-state index contributed by atoms with van der Waals surface area (Å²) in [5.74, 6) is 0.910. The van der Waals surface area contributed by atoms with Crippen LogP contribution in [0.4, 0.5) is 5.69 Å². The molecule has 1 unspecified atom stereocenters. The third-order valence-electron chi connectivity index (χ3n) is 3.56. The normalized spacial score (nSPS) is 20.7. The van der Waals surface area contributed by atoms with Gasteiger partial charge in [0.2, 0.25) is 0 Å². The van der Waals surface area contributed by atoms with Crippen LogP contribution in [0, 0.1) is 5.92 Å². The molecule has 2 rings (SSSR count). The van der Waals surface area contributed by atoms with Gasteiger partial charge in [0.15, 0.2) is 0 Å². The van der Waals surface area contributed by atoms with Gasteiger partial charge >= 0.3 is 0 Å². The fourth-order valence-electron chi connectivity index (χ4n) is 2.65. The van der Waals surface area contributed by atoms with Gasteiger partial charge in [0.1, 0.15) is 0 Å². The molecule has 1 aliphatic heterocycles. The summed E-state index contributed by atoms with van der Waals surface area (Å²) in [4.78, 5) is 6.97. The largest absolute Gasteiger partial charge is 0.388 e. The molecule has 1 aromatic rings. The van der Waals surface area contributed by atoms with Crippen molar-refractivity contribution in [3.63, 3.8) is 0 Å². The Morgan fingerprint density at radius 3 is 3.18 bits per heavy atom. The number of hydrogen-bond donors (Lipinski definition) is 1. The second-order valence-corrected chi connectivity index (χ2v) is 4.96. The highest BCUT2D eigenvalue weighted by Gasteiger charge is 2.21. The number of nitrogens with one attached hydrogen (secondary N) is 1. The summed E-state index contributed by atoms with van der Waals surface area (Å²) < 4.78 is 0. The van der Waals surface area contributed by atoms with Crippen LogP contribution < -0.4 is 5.32 Å². The van der Waals surface area contributed by atoms with Gasteiger partial charge in [0.05, 0.1) is 5.69 Å². The number of pyridine rings is 1. The van der Waals surface area contributed by atoms with Crippen molar-refractivity contribution in [3.05, 3.63) is 24.0 Å². The minimum Gasteiger partial charge on any atom is -0.388 e. The lowest BCUT2D eigenvalue weighted by molar-refractivity contribution is 0.309. The molecule has 1 fully saturated rings. The van der Waals surface area contributed by atoms with Crippen LogP contribution in [0.25, 0.3) is 0 Å². The lowest BCUT2D eigenvalue weighted by Gasteiger charge is -2.15. The second kappa shape index (κ2) is 6.01. The summed E-state index contributed by atoms with van der Waals surface area (Å²) in [5.41, 5.74) is 2.33. The third-order valence-corrected chi connectivity index (χ3v) is 3.56. The Kier molecular flexibility index (Phi) is 4.37. The number of hydrogen-bond acceptors (Lipinski definition) is 3. The van der Waals surface area contributed by atoms with Crippen molar-refractivity contribution in [1.82, 2.24) is 9.88 Å². The number of rotatable bonds is 5. The zero-order valence-electron chi connectivity index (χ0n) is 10.9. The first-order valence-corrected chi connectivity index (χ1v) is 6.67. The maximum absolute atomic E-state index is 4.44. The highest BCUT2D eigenvalue weighted by Crippen LogP contribution is 2.22. The van der Waals surface area contributed by atoms with Gasteiger partial charge in [0, 0.05) is 32.0 Å². The summed E-state index contributed by atoms with van der Waals surface area (Å²) >= 11 is 0. The quantitative estimate of drug-likeness (QED) is 0.847. The number of aromatic nitrogens is 1. The molecule has 0 spiro atoms. The smallest absolute Gasteiger partial charge is 0.0564 e. The van der Waals surface area contributed by atoms with Crippen molar-refractivity contribution < 1.29 is 0 Å².